The highest BCUT2D eigenvalue weighted by atomic mass is 16.4. The number of anilines is 1. The normalized spacial score (nSPS) is 21.5. The smallest absolute Gasteiger partial charge is 0.307 e. The topological polar surface area (TPSA) is 57.6 Å². The summed E-state index contributed by atoms with van der Waals surface area (Å²) in [5.41, 5.74) is 3.12. The zero-order chi connectivity index (χ0) is 13.4. The van der Waals surface area contributed by atoms with Gasteiger partial charge in [-0.15, -0.1) is 0 Å². The summed E-state index contributed by atoms with van der Waals surface area (Å²) in [6, 6.07) is 5.81. The fourth-order valence-corrected chi connectivity index (χ4v) is 2.05. The van der Waals surface area contributed by atoms with Gasteiger partial charge in [0.15, 0.2) is 0 Å². The average molecular weight is 247 g/mol. The monoisotopic (exact) mass is 247 g/mol. The van der Waals surface area contributed by atoms with Crippen molar-refractivity contribution in [3.05, 3.63) is 29.3 Å². The van der Waals surface area contributed by atoms with E-state index in [0.29, 0.717) is 6.42 Å². The molecule has 1 aliphatic rings. The summed E-state index contributed by atoms with van der Waals surface area (Å²) in [5.74, 6) is -1.83. The minimum absolute atomic E-state index is 0.106. The standard InChI is InChI=1S/C14H17NO3/c1-8-4-5-10(6-9(8)2)15(3)13(16)11-7-12(11)14(17)18/h4-6,11-12H,7H2,1-3H3,(H,17,18). The van der Waals surface area contributed by atoms with E-state index >= 15 is 0 Å². The van der Waals surface area contributed by atoms with E-state index < -0.39 is 11.9 Å². The highest BCUT2D eigenvalue weighted by Gasteiger charge is 2.49. The van der Waals surface area contributed by atoms with Crippen LogP contribution >= 0.6 is 0 Å². The molecule has 0 bridgehead atoms. The van der Waals surface area contributed by atoms with Gasteiger partial charge in [0.25, 0.3) is 0 Å². The summed E-state index contributed by atoms with van der Waals surface area (Å²) < 4.78 is 0. The second-order valence-corrected chi connectivity index (χ2v) is 4.95. The Morgan fingerprint density at radius 3 is 2.39 bits per heavy atom. The number of carboxylic acid groups (broad SMARTS) is 1. The van der Waals surface area contributed by atoms with E-state index in [2.05, 4.69) is 0 Å². The van der Waals surface area contributed by atoms with Gasteiger partial charge in [0, 0.05) is 12.7 Å². The lowest BCUT2D eigenvalue weighted by atomic mass is 10.1. The average Bonchev–Trinajstić information content (AvgIpc) is 3.11. The maximum absolute atomic E-state index is 12.1. The van der Waals surface area contributed by atoms with Gasteiger partial charge in [-0.2, -0.15) is 0 Å². The van der Waals surface area contributed by atoms with Crippen LogP contribution in [0.3, 0.4) is 0 Å². The molecule has 4 heteroatoms. The lowest BCUT2D eigenvalue weighted by molar-refractivity contribution is -0.139. The number of rotatable bonds is 3. The Labute approximate surface area is 106 Å². The minimum atomic E-state index is -0.873. The predicted octanol–water partition coefficient (Wildman–Crippen LogP) is 1.99. The van der Waals surface area contributed by atoms with E-state index in [1.807, 2.05) is 32.0 Å². The number of carbonyl (C=O) groups is 2. The molecule has 1 N–H and O–H groups in total. The first kappa shape index (κ1) is 12.6. The van der Waals surface area contributed by atoms with Crippen LogP contribution in [0.15, 0.2) is 18.2 Å². The molecule has 1 aromatic carbocycles. The van der Waals surface area contributed by atoms with E-state index in [1.54, 1.807) is 11.9 Å². The quantitative estimate of drug-likeness (QED) is 0.888. The van der Waals surface area contributed by atoms with Gasteiger partial charge in [0.05, 0.1) is 11.8 Å². The van der Waals surface area contributed by atoms with Crippen molar-refractivity contribution in [2.45, 2.75) is 20.3 Å². The third-order valence-electron chi connectivity index (χ3n) is 3.63. The maximum atomic E-state index is 12.1. The van der Waals surface area contributed by atoms with E-state index in [-0.39, 0.29) is 11.8 Å². The van der Waals surface area contributed by atoms with Crippen molar-refractivity contribution in [1.82, 2.24) is 0 Å². The molecule has 1 saturated carbocycles. The van der Waals surface area contributed by atoms with Gasteiger partial charge in [0.2, 0.25) is 5.91 Å². The molecule has 0 saturated heterocycles. The summed E-state index contributed by atoms with van der Waals surface area (Å²) in [6.07, 6.45) is 0.462. The van der Waals surface area contributed by atoms with Crippen LogP contribution in [0.4, 0.5) is 5.69 Å². The van der Waals surface area contributed by atoms with E-state index in [4.69, 9.17) is 5.11 Å². The third-order valence-corrected chi connectivity index (χ3v) is 3.63. The maximum Gasteiger partial charge on any atom is 0.307 e. The molecular formula is C14H17NO3. The number of carboxylic acids is 1. The number of hydrogen-bond acceptors (Lipinski definition) is 2. The van der Waals surface area contributed by atoms with Crippen LogP contribution in [0.1, 0.15) is 17.5 Å². The first-order valence-corrected chi connectivity index (χ1v) is 5.99. The number of hydrogen-bond donors (Lipinski definition) is 1. The molecule has 18 heavy (non-hydrogen) atoms. The third kappa shape index (κ3) is 2.23. The zero-order valence-electron chi connectivity index (χ0n) is 10.8. The lowest BCUT2D eigenvalue weighted by Gasteiger charge is -2.18. The molecule has 1 aromatic rings. The van der Waals surface area contributed by atoms with Crippen LogP contribution in [-0.4, -0.2) is 24.0 Å². The molecule has 0 heterocycles. The van der Waals surface area contributed by atoms with Crippen molar-refractivity contribution in [2.75, 3.05) is 11.9 Å². The largest absolute Gasteiger partial charge is 0.481 e. The van der Waals surface area contributed by atoms with Gasteiger partial charge in [-0.05, 0) is 43.5 Å². The molecule has 0 aliphatic heterocycles. The summed E-state index contributed by atoms with van der Waals surface area (Å²) in [7, 11) is 1.70. The van der Waals surface area contributed by atoms with Crippen molar-refractivity contribution in [1.29, 1.82) is 0 Å². The molecule has 1 amide bonds. The Kier molecular flexibility index (Phi) is 3.11. The van der Waals surface area contributed by atoms with E-state index in [9.17, 15) is 9.59 Å². The number of nitrogens with zero attached hydrogens (tertiary/aromatic N) is 1. The lowest BCUT2D eigenvalue weighted by Crippen LogP contribution is -2.29. The number of carbonyl (C=O) groups excluding carboxylic acids is 1. The molecular weight excluding hydrogens is 230 g/mol. The van der Waals surface area contributed by atoms with Crippen molar-refractivity contribution in [2.24, 2.45) is 11.8 Å². The summed E-state index contributed by atoms with van der Waals surface area (Å²) in [6.45, 7) is 4.01. The second kappa shape index (κ2) is 4.44. The van der Waals surface area contributed by atoms with Gasteiger partial charge in [-0.25, -0.2) is 0 Å². The number of aliphatic carboxylic acids is 1. The predicted molar refractivity (Wildman–Crippen MR) is 68.6 cm³/mol. The summed E-state index contributed by atoms with van der Waals surface area (Å²) in [5, 5.41) is 8.83. The molecule has 0 aromatic heterocycles. The van der Waals surface area contributed by atoms with Gasteiger partial charge in [-0.3, -0.25) is 9.59 Å². The Morgan fingerprint density at radius 2 is 1.89 bits per heavy atom. The van der Waals surface area contributed by atoms with Crippen LogP contribution in [0.2, 0.25) is 0 Å². The fourth-order valence-electron chi connectivity index (χ4n) is 2.05. The Hall–Kier alpha value is -1.84. The molecule has 4 nitrogen and oxygen atoms in total. The van der Waals surface area contributed by atoms with Gasteiger partial charge in [-0.1, -0.05) is 6.07 Å². The number of aryl methyl sites for hydroxylation is 2. The van der Waals surface area contributed by atoms with Crippen LogP contribution in [0.25, 0.3) is 0 Å². The van der Waals surface area contributed by atoms with Crippen molar-refractivity contribution in [3.8, 4) is 0 Å². The minimum Gasteiger partial charge on any atom is -0.481 e. The van der Waals surface area contributed by atoms with Crippen LogP contribution in [-0.2, 0) is 9.59 Å². The second-order valence-electron chi connectivity index (χ2n) is 4.95. The Morgan fingerprint density at radius 1 is 1.22 bits per heavy atom. The van der Waals surface area contributed by atoms with Crippen molar-refractivity contribution < 1.29 is 14.7 Å². The van der Waals surface area contributed by atoms with Gasteiger partial charge >= 0.3 is 5.97 Å². The first-order chi connectivity index (χ1) is 8.41. The molecule has 1 fully saturated rings. The highest BCUT2D eigenvalue weighted by molar-refractivity contribution is 5.99. The van der Waals surface area contributed by atoms with Crippen LogP contribution in [0.5, 0.6) is 0 Å². The number of benzene rings is 1. The molecule has 2 rings (SSSR count). The van der Waals surface area contributed by atoms with Crippen molar-refractivity contribution in [3.63, 3.8) is 0 Å². The van der Waals surface area contributed by atoms with Crippen molar-refractivity contribution >= 4 is 17.6 Å². The molecule has 0 radical (unpaired) electrons. The summed E-state index contributed by atoms with van der Waals surface area (Å²) in [4.78, 5) is 24.4. The zero-order valence-corrected chi connectivity index (χ0v) is 10.8. The van der Waals surface area contributed by atoms with Crippen LogP contribution < -0.4 is 4.90 Å². The number of amides is 1. The highest BCUT2D eigenvalue weighted by Crippen LogP contribution is 2.40. The van der Waals surface area contributed by atoms with E-state index in [0.717, 1.165) is 11.3 Å². The van der Waals surface area contributed by atoms with Gasteiger partial charge < -0.3 is 10.0 Å². The molecule has 0 spiro atoms. The molecule has 2 unspecified atom stereocenters. The summed E-state index contributed by atoms with van der Waals surface area (Å²) >= 11 is 0. The molecule has 2 atom stereocenters. The molecule has 96 valence electrons. The first-order valence-electron chi connectivity index (χ1n) is 5.99. The Bertz CT molecular complexity index is 510. The molecule has 1 aliphatic carbocycles. The fraction of sp³-hybridized carbons (Fsp3) is 0.429. The van der Waals surface area contributed by atoms with E-state index in [1.165, 1.54) is 5.56 Å². The van der Waals surface area contributed by atoms with Crippen LogP contribution in [0, 0.1) is 25.7 Å². The Balaban J connectivity index is 2.12. The van der Waals surface area contributed by atoms with Gasteiger partial charge in [0.1, 0.15) is 0 Å². The SMILES string of the molecule is Cc1ccc(N(C)C(=O)C2CC2C(=O)O)cc1C.